The highest BCUT2D eigenvalue weighted by Crippen LogP contribution is 2.19. The highest BCUT2D eigenvalue weighted by molar-refractivity contribution is 7.89. The van der Waals surface area contributed by atoms with E-state index in [9.17, 15) is 22.7 Å². The average molecular weight is 427 g/mol. The van der Waals surface area contributed by atoms with E-state index in [-0.39, 0.29) is 17.2 Å². The number of halogens is 1. The molecule has 0 aliphatic carbocycles. The summed E-state index contributed by atoms with van der Waals surface area (Å²) in [6.07, 6.45) is 1.92. The summed E-state index contributed by atoms with van der Waals surface area (Å²) in [7, 11) is -1.99. The van der Waals surface area contributed by atoms with Crippen LogP contribution in [0.3, 0.4) is 0 Å². The average Bonchev–Trinajstić information content (AvgIpc) is 2.69. The number of hydrogen-bond donors (Lipinski definition) is 2. The molecule has 1 fully saturated rings. The minimum atomic E-state index is -4.00. The van der Waals surface area contributed by atoms with E-state index in [1.54, 1.807) is 17.1 Å². The molecule has 1 aromatic carbocycles. The van der Waals surface area contributed by atoms with E-state index in [1.807, 2.05) is 7.05 Å². The zero-order chi connectivity index (χ0) is 21.0. The molecular weight excluding hydrogens is 401 g/mol. The van der Waals surface area contributed by atoms with Crippen LogP contribution in [0.15, 0.2) is 41.3 Å². The Balaban J connectivity index is 1.63. The minimum absolute atomic E-state index is 0.0387. The van der Waals surface area contributed by atoms with Gasteiger partial charge < -0.3 is 19.6 Å². The van der Waals surface area contributed by atoms with Crippen LogP contribution in [0.25, 0.3) is 0 Å². The van der Waals surface area contributed by atoms with Gasteiger partial charge >= 0.3 is 0 Å². The lowest BCUT2D eigenvalue weighted by Gasteiger charge is -2.35. The monoisotopic (exact) mass is 427 g/mol. The smallest absolute Gasteiger partial charge is 0.241 e. The molecule has 2 aliphatic rings. The standard InChI is InChI=1S/C19H26FN3O5S/c1-22-7-9-23(10-8-22)19(25)12-15-5-6-17(18(13-24)28-15)21-29(26,27)16-4-2-3-14(20)11-16/h2-6,11,15,17-18,21,24H,7-10,12-13H2,1H3. The molecule has 0 spiro atoms. The van der Waals surface area contributed by atoms with Gasteiger partial charge in [-0.15, -0.1) is 0 Å². The zero-order valence-electron chi connectivity index (χ0n) is 16.2. The van der Waals surface area contributed by atoms with Crippen molar-refractivity contribution < 1.29 is 27.4 Å². The zero-order valence-corrected chi connectivity index (χ0v) is 17.0. The third-order valence-corrected chi connectivity index (χ3v) is 6.55. The fraction of sp³-hybridized carbons (Fsp3) is 0.526. The van der Waals surface area contributed by atoms with E-state index in [1.165, 1.54) is 12.1 Å². The number of sulfonamides is 1. The third-order valence-electron chi connectivity index (χ3n) is 5.09. The molecular formula is C19H26FN3O5S. The summed E-state index contributed by atoms with van der Waals surface area (Å²) in [5.41, 5.74) is 0. The Morgan fingerprint density at radius 2 is 2.00 bits per heavy atom. The molecule has 1 aromatic rings. The van der Waals surface area contributed by atoms with Gasteiger partial charge in [0.15, 0.2) is 0 Å². The summed E-state index contributed by atoms with van der Waals surface area (Å²) in [4.78, 5) is 16.2. The van der Waals surface area contributed by atoms with Gasteiger partial charge in [-0.2, -0.15) is 0 Å². The van der Waals surface area contributed by atoms with Crippen LogP contribution in [0.4, 0.5) is 4.39 Å². The first-order valence-corrected chi connectivity index (χ1v) is 11.0. The van der Waals surface area contributed by atoms with Gasteiger partial charge in [0.1, 0.15) is 11.9 Å². The van der Waals surface area contributed by atoms with Crippen molar-refractivity contribution in [3.05, 3.63) is 42.2 Å². The number of nitrogens with zero attached hydrogens (tertiary/aromatic N) is 2. The molecule has 0 bridgehead atoms. The quantitative estimate of drug-likeness (QED) is 0.618. The lowest BCUT2D eigenvalue weighted by molar-refractivity contribution is -0.136. The van der Waals surface area contributed by atoms with Crippen LogP contribution < -0.4 is 4.72 Å². The predicted molar refractivity (Wildman–Crippen MR) is 104 cm³/mol. The van der Waals surface area contributed by atoms with Gasteiger partial charge in [0, 0.05) is 26.2 Å². The summed E-state index contributed by atoms with van der Waals surface area (Å²) in [6, 6.07) is 3.83. The van der Waals surface area contributed by atoms with Gasteiger partial charge in [0.25, 0.3) is 0 Å². The first kappa shape index (κ1) is 21.8. The lowest BCUT2D eigenvalue weighted by atomic mass is 10.1. The van der Waals surface area contributed by atoms with Crippen LogP contribution in [0.5, 0.6) is 0 Å². The number of amides is 1. The normalized spacial score (nSPS) is 25.9. The molecule has 0 saturated carbocycles. The van der Waals surface area contributed by atoms with Gasteiger partial charge in [0.05, 0.1) is 30.1 Å². The molecule has 2 aliphatic heterocycles. The van der Waals surface area contributed by atoms with E-state index in [4.69, 9.17) is 4.74 Å². The second kappa shape index (κ2) is 9.31. The lowest BCUT2D eigenvalue weighted by Crippen LogP contribution is -2.50. The molecule has 1 amide bonds. The van der Waals surface area contributed by atoms with Crippen LogP contribution in [0.2, 0.25) is 0 Å². The molecule has 8 nitrogen and oxygen atoms in total. The molecule has 3 rings (SSSR count). The van der Waals surface area contributed by atoms with Gasteiger partial charge in [-0.05, 0) is 25.2 Å². The minimum Gasteiger partial charge on any atom is -0.394 e. The Hall–Kier alpha value is -1.85. The van der Waals surface area contributed by atoms with Crippen molar-refractivity contribution in [1.29, 1.82) is 0 Å². The molecule has 160 valence electrons. The number of aliphatic hydroxyl groups excluding tert-OH is 1. The second-order valence-corrected chi connectivity index (χ2v) is 8.99. The number of likely N-dealkylation sites (N-methyl/N-ethyl adjacent to an activating group) is 1. The Kier molecular flexibility index (Phi) is 7.01. The molecule has 1 saturated heterocycles. The summed E-state index contributed by atoms with van der Waals surface area (Å²) in [5.74, 6) is -0.701. The molecule has 0 aromatic heterocycles. The fourth-order valence-electron chi connectivity index (χ4n) is 3.35. The summed E-state index contributed by atoms with van der Waals surface area (Å²) < 4.78 is 46.5. The van der Waals surface area contributed by atoms with Gasteiger partial charge in [-0.3, -0.25) is 4.79 Å². The second-order valence-electron chi connectivity index (χ2n) is 7.27. The topological polar surface area (TPSA) is 99.2 Å². The van der Waals surface area contributed by atoms with E-state index < -0.39 is 40.7 Å². The van der Waals surface area contributed by atoms with E-state index in [0.717, 1.165) is 25.2 Å². The molecule has 3 atom stereocenters. The predicted octanol–water partition coefficient (Wildman–Crippen LogP) is -0.0474. The van der Waals surface area contributed by atoms with Gasteiger partial charge in [-0.1, -0.05) is 18.2 Å². The first-order valence-electron chi connectivity index (χ1n) is 9.47. The molecule has 29 heavy (non-hydrogen) atoms. The number of benzene rings is 1. The Bertz CT molecular complexity index is 855. The number of ether oxygens (including phenoxy) is 1. The molecule has 2 heterocycles. The highest BCUT2D eigenvalue weighted by atomic mass is 32.2. The van der Waals surface area contributed by atoms with Crippen molar-refractivity contribution in [2.75, 3.05) is 39.8 Å². The Morgan fingerprint density at radius 1 is 1.28 bits per heavy atom. The number of aliphatic hydroxyl groups is 1. The number of carbonyl (C=O) groups is 1. The van der Waals surface area contributed by atoms with E-state index >= 15 is 0 Å². The van der Waals surface area contributed by atoms with E-state index in [2.05, 4.69) is 9.62 Å². The van der Waals surface area contributed by atoms with Gasteiger partial charge in [0.2, 0.25) is 15.9 Å². The van der Waals surface area contributed by atoms with Crippen molar-refractivity contribution in [1.82, 2.24) is 14.5 Å². The molecule has 0 radical (unpaired) electrons. The number of carbonyl (C=O) groups excluding carboxylic acids is 1. The van der Waals surface area contributed by atoms with Crippen LogP contribution in [0.1, 0.15) is 6.42 Å². The van der Waals surface area contributed by atoms with Crippen LogP contribution >= 0.6 is 0 Å². The van der Waals surface area contributed by atoms with Gasteiger partial charge in [-0.25, -0.2) is 17.5 Å². The van der Waals surface area contributed by atoms with Crippen molar-refractivity contribution in [2.45, 2.75) is 29.6 Å². The summed E-state index contributed by atoms with van der Waals surface area (Å²) in [6.45, 7) is 2.52. The van der Waals surface area contributed by atoms with Crippen LogP contribution in [0, 0.1) is 5.82 Å². The van der Waals surface area contributed by atoms with Crippen molar-refractivity contribution >= 4 is 15.9 Å². The third kappa shape index (κ3) is 5.61. The maximum atomic E-state index is 13.4. The number of nitrogens with one attached hydrogen (secondary N) is 1. The van der Waals surface area contributed by atoms with Crippen molar-refractivity contribution in [3.63, 3.8) is 0 Å². The molecule has 2 N–H and O–H groups in total. The number of piperazine rings is 1. The van der Waals surface area contributed by atoms with Crippen LogP contribution in [-0.2, 0) is 19.6 Å². The first-order chi connectivity index (χ1) is 13.8. The van der Waals surface area contributed by atoms with Crippen LogP contribution in [-0.4, -0.2) is 87.3 Å². The largest absolute Gasteiger partial charge is 0.394 e. The SMILES string of the molecule is CN1CCN(C(=O)CC2C=CC(NS(=O)(=O)c3cccc(F)c3)C(CO)O2)CC1. The van der Waals surface area contributed by atoms with Crippen molar-refractivity contribution in [2.24, 2.45) is 0 Å². The highest BCUT2D eigenvalue weighted by Gasteiger charge is 2.32. The summed E-state index contributed by atoms with van der Waals surface area (Å²) in [5, 5.41) is 9.65. The van der Waals surface area contributed by atoms with E-state index in [0.29, 0.717) is 13.1 Å². The van der Waals surface area contributed by atoms with Crippen molar-refractivity contribution in [3.8, 4) is 0 Å². The maximum Gasteiger partial charge on any atom is 0.241 e. The maximum absolute atomic E-state index is 13.4. The Morgan fingerprint density at radius 3 is 2.66 bits per heavy atom. The summed E-state index contributed by atoms with van der Waals surface area (Å²) >= 11 is 0. The number of rotatable bonds is 6. The number of hydrogen-bond acceptors (Lipinski definition) is 6. The Labute approximate surface area is 170 Å². The molecule has 10 heteroatoms. The fourth-order valence-corrected chi connectivity index (χ4v) is 4.60. The molecule has 3 unspecified atom stereocenters.